The van der Waals surface area contributed by atoms with Gasteiger partial charge in [-0.3, -0.25) is 4.99 Å². The Bertz CT molecular complexity index is 870. The fourth-order valence-electron chi connectivity index (χ4n) is 3.20. The molecule has 0 aliphatic carbocycles. The van der Waals surface area contributed by atoms with Gasteiger partial charge in [-0.05, 0) is 43.2 Å². The molecule has 0 saturated carbocycles. The molecule has 1 aliphatic heterocycles. The van der Waals surface area contributed by atoms with Crippen molar-refractivity contribution in [3.05, 3.63) is 53.1 Å². The second kappa shape index (κ2) is 12.1. The molecule has 0 aromatic heterocycles. The molecule has 2 aromatic rings. The van der Waals surface area contributed by atoms with Gasteiger partial charge in [0.25, 0.3) is 0 Å². The minimum Gasteiger partial charge on any atom is -0.491 e. The summed E-state index contributed by atoms with van der Waals surface area (Å²) in [6.45, 7) is 8.44. The molecule has 0 unspecified atom stereocenters. The van der Waals surface area contributed by atoms with E-state index in [1.54, 1.807) is 7.05 Å². The Hall–Kier alpha value is -2.93. The highest BCUT2D eigenvalue weighted by atomic mass is 16.5. The zero-order chi connectivity index (χ0) is 21.9. The molecule has 168 valence electrons. The van der Waals surface area contributed by atoms with Crippen LogP contribution in [0.1, 0.15) is 30.0 Å². The highest BCUT2D eigenvalue weighted by Crippen LogP contribution is 2.30. The van der Waals surface area contributed by atoms with Crippen molar-refractivity contribution in [2.75, 3.05) is 40.1 Å². The fraction of sp³-hybridized carbons (Fsp3) is 0.458. The third-order valence-corrected chi connectivity index (χ3v) is 4.85. The van der Waals surface area contributed by atoms with Crippen LogP contribution in [0.4, 0.5) is 0 Å². The Balaban J connectivity index is 1.54. The van der Waals surface area contributed by atoms with Gasteiger partial charge in [0.2, 0.25) is 0 Å². The smallest absolute Gasteiger partial charge is 0.191 e. The molecule has 0 fully saturated rings. The van der Waals surface area contributed by atoms with Crippen molar-refractivity contribution in [1.29, 1.82) is 0 Å². The number of ether oxygens (including phenoxy) is 4. The molecular weight excluding hydrogens is 394 g/mol. The van der Waals surface area contributed by atoms with Crippen molar-refractivity contribution in [1.82, 2.24) is 10.6 Å². The second-order valence-corrected chi connectivity index (χ2v) is 7.27. The Morgan fingerprint density at radius 3 is 2.61 bits per heavy atom. The van der Waals surface area contributed by atoms with E-state index in [0.29, 0.717) is 52.1 Å². The third kappa shape index (κ3) is 7.07. The predicted octanol–water partition coefficient (Wildman–Crippen LogP) is 3.44. The lowest BCUT2D eigenvalue weighted by Crippen LogP contribution is -2.36. The molecule has 0 radical (unpaired) electrons. The molecule has 0 bridgehead atoms. The molecule has 2 aromatic carbocycles. The van der Waals surface area contributed by atoms with Crippen molar-refractivity contribution in [3.8, 4) is 17.2 Å². The van der Waals surface area contributed by atoms with Crippen molar-refractivity contribution in [2.45, 2.75) is 33.4 Å². The maximum atomic E-state index is 5.93. The highest BCUT2D eigenvalue weighted by molar-refractivity contribution is 5.79. The summed E-state index contributed by atoms with van der Waals surface area (Å²) >= 11 is 0. The van der Waals surface area contributed by atoms with Crippen LogP contribution in [-0.4, -0.2) is 46.0 Å². The van der Waals surface area contributed by atoms with Crippen LogP contribution >= 0.6 is 0 Å². The van der Waals surface area contributed by atoms with Gasteiger partial charge in [0, 0.05) is 38.7 Å². The molecule has 3 rings (SSSR count). The number of benzene rings is 2. The van der Waals surface area contributed by atoms with E-state index >= 15 is 0 Å². The van der Waals surface area contributed by atoms with Crippen LogP contribution in [0.15, 0.2) is 41.4 Å². The number of fused-ring (bicyclic) bond motifs is 1. The zero-order valence-electron chi connectivity index (χ0n) is 18.7. The maximum absolute atomic E-state index is 5.93. The van der Waals surface area contributed by atoms with Gasteiger partial charge in [-0.1, -0.05) is 18.2 Å². The summed E-state index contributed by atoms with van der Waals surface area (Å²) in [6.07, 6.45) is 0.898. The number of nitrogens with zero attached hydrogens (tertiary/aromatic N) is 1. The van der Waals surface area contributed by atoms with Gasteiger partial charge in [0.1, 0.15) is 12.4 Å². The largest absolute Gasteiger partial charge is 0.491 e. The maximum Gasteiger partial charge on any atom is 0.191 e. The summed E-state index contributed by atoms with van der Waals surface area (Å²) < 4.78 is 22.8. The van der Waals surface area contributed by atoms with Crippen LogP contribution < -0.4 is 24.8 Å². The third-order valence-electron chi connectivity index (χ3n) is 4.85. The molecule has 0 saturated heterocycles. The lowest BCUT2D eigenvalue weighted by atomic mass is 10.1. The predicted molar refractivity (Wildman–Crippen MR) is 122 cm³/mol. The first kappa shape index (κ1) is 22.7. The molecule has 0 atom stereocenters. The molecule has 0 spiro atoms. The summed E-state index contributed by atoms with van der Waals surface area (Å²) in [4.78, 5) is 4.33. The zero-order valence-corrected chi connectivity index (χ0v) is 18.7. The highest BCUT2D eigenvalue weighted by Gasteiger charge is 2.11. The number of aliphatic imine (C=N–C) groups is 1. The second-order valence-electron chi connectivity index (χ2n) is 7.27. The summed E-state index contributed by atoms with van der Waals surface area (Å²) in [6, 6.07) is 12.2. The molecule has 1 aliphatic rings. The van der Waals surface area contributed by atoms with E-state index in [1.165, 1.54) is 0 Å². The van der Waals surface area contributed by atoms with E-state index < -0.39 is 0 Å². The number of hydrogen-bond donors (Lipinski definition) is 2. The van der Waals surface area contributed by atoms with Crippen molar-refractivity contribution >= 4 is 5.96 Å². The lowest BCUT2D eigenvalue weighted by Gasteiger charge is -2.16. The average Bonchev–Trinajstić information content (AvgIpc) is 3.03. The van der Waals surface area contributed by atoms with E-state index in [4.69, 9.17) is 18.9 Å². The van der Waals surface area contributed by atoms with Gasteiger partial charge >= 0.3 is 0 Å². The first-order valence-corrected chi connectivity index (χ1v) is 10.8. The molecule has 0 amide bonds. The van der Waals surface area contributed by atoms with E-state index in [2.05, 4.69) is 40.7 Å². The number of hydrogen-bond acceptors (Lipinski definition) is 5. The average molecular weight is 428 g/mol. The SMILES string of the molecule is CCOCCOc1cc(C)ccc1CNC(=NC)NCc1ccc2c(c1)OCCCO2. The number of nitrogens with one attached hydrogen (secondary N) is 2. The van der Waals surface area contributed by atoms with Crippen LogP contribution in [0.3, 0.4) is 0 Å². The molecule has 2 N–H and O–H groups in total. The molecule has 7 heteroatoms. The van der Waals surface area contributed by atoms with Gasteiger partial charge in [-0.2, -0.15) is 0 Å². The number of guanidine groups is 1. The topological polar surface area (TPSA) is 73.3 Å². The van der Waals surface area contributed by atoms with Gasteiger partial charge in [0.15, 0.2) is 17.5 Å². The summed E-state index contributed by atoms with van der Waals surface area (Å²) in [7, 11) is 1.76. The monoisotopic (exact) mass is 427 g/mol. The Morgan fingerprint density at radius 2 is 1.81 bits per heavy atom. The normalized spacial score (nSPS) is 13.5. The van der Waals surface area contributed by atoms with Gasteiger partial charge in [-0.15, -0.1) is 0 Å². The Labute approximate surface area is 184 Å². The quantitative estimate of drug-likeness (QED) is 0.363. The minimum atomic E-state index is 0.529. The van der Waals surface area contributed by atoms with Gasteiger partial charge < -0.3 is 29.6 Å². The molecule has 7 nitrogen and oxygen atoms in total. The van der Waals surface area contributed by atoms with Crippen LogP contribution in [0.5, 0.6) is 17.2 Å². The minimum absolute atomic E-state index is 0.529. The van der Waals surface area contributed by atoms with Crippen LogP contribution in [0, 0.1) is 6.92 Å². The standard InChI is InChI=1S/C24H33N3O4/c1-4-28-12-13-31-22-14-18(2)6-8-20(22)17-27-24(25-3)26-16-19-7-9-21-23(15-19)30-11-5-10-29-21/h6-9,14-15H,4-5,10-13,16-17H2,1-3H3,(H2,25,26,27). The molecule has 1 heterocycles. The van der Waals surface area contributed by atoms with Crippen molar-refractivity contribution < 1.29 is 18.9 Å². The van der Waals surface area contributed by atoms with E-state index in [-0.39, 0.29) is 0 Å². The summed E-state index contributed by atoms with van der Waals surface area (Å²) in [5.74, 6) is 3.19. The Morgan fingerprint density at radius 1 is 1.00 bits per heavy atom. The molecule has 31 heavy (non-hydrogen) atoms. The first-order chi connectivity index (χ1) is 15.2. The van der Waals surface area contributed by atoms with Gasteiger partial charge in [-0.25, -0.2) is 0 Å². The van der Waals surface area contributed by atoms with E-state index in [0.717, 1.165) is 40.4 Å². The van der Waals surface area contributed by atoms with Gasteiger partial charge in [0.05, 0.1) is 19.8 Å². The van der Waals surface area contributed by atoms with Crippen molar-refractivity contribution in [2.24, 2.45) is 4.99 Å². The van der Waals surface area contributed by atoms with Crippen molar-refractivity contribution in [3.63, 3.8) is 0 Å². The lowest BCUT2D eigenvalue weighted by molar-refractivity contribution is 0.110. The summed E-state index contributed by atoms with van der Waals surface area (Å²) in [5.41, 5.74) is 3.33. The summed E-state index contributed by atoms with van der Waals surface area (Å²) in [5, 5.41) is 6.71. The van der Waals surface area contributed by atoms with Crippen LogP contribution in [0.2, 0.25) is 0 Å². The fourth-order valence-corrected chi connectivity index (χ4v) is 3.20. The van der Waals surface area contributed by atoms with E-state index in [9.17, 15) is 0 Å². The molecular formula is C24H33N3O4. The van der Waals surface area contributed by atoms with E-state index in [1.807, 2.05) is 25.1 Å². The Kier molecular flexibility index (Phi) is 8.84. The number of aryl methyl sites for hydroxylation is 1. The van der Waals surface area contributed by atoms with Crippen LogP contribution in [-0.2, 0) is 17.8 Å². The number of rotatable bonds is 9. The first-order valence-electron chi connectivity index (χ1n) is 10.8. The van der Waals surface area contributed by atoms with Crippen LogP contribution in [0.25, 0.3) is 0 Å².